The number of likely N-dealkylation sites (N-methyl/N-ethyl adjacent to an activating group) is 1. The molecule has 0 spiro atoms. The minimum atomic E-state index is -0.793. The number of rotatable bonds is 1. The first-order valence-electron chi connectivity index (χ1n) is 8.18. The molecular formula is C17H17N6O3. The monoisotopic (exact) mass is 353 g/mol. The molecule has 2 aromatic rings. The summed E-state index contributed by atoms with van der Waals surface area (Å²) in [6.07, 6.45) is 1.39. The van der Waals surface area contributed by atoms with Gasteiger partial charge in [0.25, 0.3) is 11.8 Å². The molecule has 26 heavy (non-hydrogen) atoms. The van der Waals surface area contributed by atoms with Gasteiger partial charge in [0.15, 0.2) is 0 Å². The highest BCUT2D eigenvalue weighted by atomic mass is 16.2. The first kappa shape index (κ1) is 16.3. The number of nitrogens with one attached hydrogen (secondary N) is 1. The van der Waals surface area contributed by atoms with Crippen molar-refractivity contribution in [2.75, 3.05) is 33.2 Å². The van der Waals surface area contributed by atoms with Crippen LogP contribution in [0, 0.1) is 6.07 Å². The van der Waals surface area contributed by atoms with E-state index in [1.54, 1.807) is 11.0 Å². The van der Waals surface area contributed by atoms with Crippen molar-refractivity contribution in [3.63, 3.8) is 0 Å². The Hall–Kier alpha value is -3.20. The minimum absolute atomic E-state index is 0.123. The molecular weight excluding hydrogens is 336 g/mol. The molecule has 9 heteroatoms. The van der Waals surface area contributed by atoms with Gasteiger partial charge in [0.2, 0.25) is 0 Å². The smallest absolute Gasteiger partial charge is 0.324 e. The topological polar surface area (TPSA) is 113 Å². The van der Waals surface area contributed by atoms with E-state index in [4.69, 9.17) is 5.73 Å². The molecule has 0 unspecified atom stereocenters. The zero-order valence-corrected chi connectivity index (χ0v) is 14.2. The third-order valence-electron chi connectivity index (χ3n) is 4.78. The van der Waals surface area contributed by atoms with E-state index in [-0.39, 0.29) is 11.6 Å². The lowest BCUT2D eigenvalue weighted by Crippen LogP contribution is -2.48. The average molecular weight is 353 g/mol. The predicted molar refractivity (Wildman–Crippen MR) is 94.2 cm³/mol. The molecule has 3 heterocycles. The molecule has 4 rings (SSSR count). The Bertz CT molecular complexity index is 969. The molecule has 0 bridgehead atoms. The zero-order chi connectivity index (χ0) is 18.4. The number of aromatic nitrogens is 1. The molecule has 1 aromatic carbocycles. The Labute approximate surface area is 149 Å². The van der Waals surface area contributed by atoms with Crippen molar-refractivity contribution < 1.29 is 14.4 Å². The van der Waals surface area contributed by atoms with Crippen LogP contribution in [0.15, 0.2) is 17.2 Å². The Morgan fingerprint density at radius 3 is 2.65 bits per heavy atom. The largest absolute Gasteiger partial charge is 0.351 e. The lowest BCUT2D eigenvalue weighted by Gasteiger charge is -2.32. The minimum Gasteiger partial charge on any atom is -0.351 e. The Morgan fingerprint density at radius 1 is 1.23 bits per heavy atom. The van der Waals surface area contributed by atoms with Gasteiger partial charge in [-0.2, -0.15) is 5.10 Å². The second kappa shape index (κ2) is 5.95. The fourth-order valence-electron chi connectivity index (χ4n) is 3.42. The standard InChI is InChI=1S/C17H17N6O3/c1-21-5-7-22(8-6-21)16(25)14-11-9-19-20-15(24)10-3-2-4-12(13(10)11)23(14)17(18)26/h3-4,9H,5-8H2,1H3,(H2,18,26)(H,20,24). The number of benzene rings is 1. The van der Waals surface area contributed by atoms with Gasteiger partial charge >= 0.3 is 6.03 Å². The summed E-state index contributed by atoms with van der Waals surface area (Å²) in [4.78, 5) is 41.4. The van der Waals surface area contributed by atoms with Crippen LogP contribution >= 0.6 is 0 Å². The van der Waals surface area contributed by atoms with E-state index in [0.717, 1.165) is 17.7 Å². The second-order valence-corrected chi connectivity index (χ2v) is 6.36. The normalized spacial score (nSPS) is 17.3. The van der Waals surface area contributed by atoms with E-state index in [2.05, 4.69) is 21.5 Å². The number of hydrogen-bond acceptors (Lipinski definition) is 5. The van der Waals surface area contributed by atoms with Crippen molar-refractivity contribution >= 4 is 35.0 Å². The summed E-state index contributed by atoms with van der Waals surface area (Å²) >= 11 is 0. The van der Waals surface area contributed by atoms with E-state index < -0.39 is 11.9 Å². The molecule has 0 aliphatic carbocycles. The van der Waals surface area contributed by atoms with Crippen LogP contribution in [0.1, 0.15) is 26.4 Å². The summed E-state index contributed by atoms with van der Waals surface area (Å²) < 4.78 is 1.15. The summed E-state index contributed by atoms with van der Waals surface area (Å²) in [7, 11) is 1.99. The molecule has 3 amide bonds. The fourth-order valence-corrected chi connectivity index (χ4v) is 3.42. The van der Waals surface area contributed by atoms with Crippen LogP contribution in [-0.2, 0) is 0 Å². The van der Waals surface area contributed by atoms with E-state index in [9.17, 15) is 14.4 Å². The second-order valence-electron chi connectivity index (χ2n) is 6.36. The van der Waals surface area contributed by atoms with Crippen molar-refractivity contribution in [3.8, 4) is 0 Å². The molecule has 1 radical (unpaired) electrons. The predicted octanol–water partition coefficient (Wildman–Crippen LogP) is -0.167. The van der Waals surface area contributed by atoms with Gasteiger partial charge in [-0.15, -0.1) is 0 Å². The van der Waals surface area contributed by atoms with Crippen molar-refractivity contribution in [1.29, 1.82) is 0 Å². The fraction of sp³-hybridized carbons (Fsp3) is 0.294. The van der Waals surface area contributed by atoms with Gasteiger partial charge in [0.05, 0.1) is 17.3 Å². The van der Waals surface area contributed by atoms with Crippen LogP contribution in [-0.4, -0.2) is 71.7 Å². The highest BCUT2D eigenvalue weighted by Gasteiger charge is 2.32. The van der Waals surface area contributed by atoms with Gasteiger partial charge in [-0.05, 0) is 25.2 Å². The van der Waals surface area contributed by atoms with E-state index in [1.165, 1.54) is 12.3 Å². The van der Waals surface area contributed by atoms with Crippen LogP contribution < -0.4 is 11.2 Å². The van der Waals surface area contributed by atoms with E-state index in [0.29, 0.717) is 35.1 Å². The Balaban J connectivity index is 1.96. The number of nitrogens with two attached hydrogens (primary N) is 1. The van der Waals surface area contributed by atoms with Crippen LogP contribution in [0.4, 0.5) is 4.79 Å². The molecule has 9 nitrogen and oxygen atoms in total. The number of nitrogens with zero attached hydrogens (tertiary/aromatic N) is 4. The van der Waals surface area contributed by atoms with Crippen molar-refractivity contribution in [2.24, 2.45) is 10.8 Å². The maximum absolute atomic E-state index is 13.2. The van der Waals surface area contributed by atoms with Crippen molar-refractivity contribution in [3.05, 3.63) is 35.0 Å². The lowest BCUT2D eigenvalue weighted by molar-refractivity contribution is 0.0655. The molecule has 1 saturated heterocycles. The Morgan fingerprint density at radius 2 is 1.96 bits per heavy atom. The molecule has 1 aromatic heterocycles. The van der Waals surface area contributed by atoms with Gasteiger partial charge in [0.1, 0.15) is 5.69 Å². The zero-order valence-electron chi connectivity index (χ0n) is 14.2. The third-order valence-corrected chi connectivity index (χ3v) is 4.78. The van der Waals surface area contributed by atoms with Gasteiger partial charge in [-0.1, -0.05) is 0 Å². The number of hydrazone groups is 1. The molecule has 2 aliphatic heterocycles. The van der Waals surface area contributed by atoms with Crippen molar-refractivity contribution in [1.82, 2.24) is 19.8 Å². The quantitative estimate of drug-likeness (QED) is 0.741. The first-order valence-corrected chi connectivity index (χ1v) is 8.18. The first-order chi connectivity index (χ1) is 12.5. The van der Waals surface area contributed by atoms with Gasteiger partial charge < -0.3 is 15.5 Å². The highest BCUT2D eigenvalue weighted by Crippen LogP contribution is 2.30. The van der Waals surface area contributed by atoms with Gasteiger partial charge in [-0.25, -0.2) is 10.2 Å². The number of hydrogen-bond donors (Lipinski definition) is 2. The van der Waals surface area contributed by atoms with Crippen LogP contribution in [0.2, 0.25) is 0 Å². The molecule has 3 N–H and O–H groups in total. The highest BCUT2D eigenvalue weighted by molar-refractivity contribution is 6.20. The lowest BCUT2D eigenvalue weighted by atomic mass is 10.0. The molecule has 0 saturated carbocycles. The van der Waals surface area contributed by atoms with E-state index >= 15 is 0 Å². The number of primary amides is 1. The summed E-state index contributed by atoms with van der Waals surface area (Å²) in [5.74, 6) is -0.739. The molecule has 1 fully saturated rings. The van der Waals surface area contributed by atoms with Crippen LogP contribution in [0.5, 0.6) is 0 Å². The van der Waals surface area contributed by atoms with E-state index in [1.807, 2.05) is 7.05 Å². The summed E-state index contributed by atoms with van der Waals surface area (Å²) in [6, 6.07) is 5.08. The summed E-state index contributed by atoms with van der Waals surface area (Å²) in [5.41, 5.74) is 9.15. The molecule has 2 aliphatic rings. The maximum Gasteiger partial charge on any atom is 0.324 e. The van der Waals surface area contributed by atoms with Crippen LogP contribution in [0.3, 0.4) is 0 Å². The number of carbonyl (C=O) groups excluding carboxylic acids is 3. The summed E-state index contributed by atoms with van der Waals surface area (Å²) in [5, 5.41) is 4.35. The number of piperazine rings is 1. The molecule has 0 atom stereocenters. The van der Waals surface area contributed by atoms with Gasteiger partial charge in [0, 0.05) is 37.1 Å². The van der Waals surface area contributed by atoms with Crippen LogP contribution in [0.25, 0.3) is 10.9 Å². The SMILES string of the molecule is CN1CCN(C(=O)c2c3c4c(c[c]cc4n2C(N)=O)C(=O)NN=C3)CC1. The maximum atomic E-state index is 13.2. The number of amides is 3. The molecule has 133 valence electrons. The third kappa shape index (κ3) is 2.36. The van der Waals surface area contributed by atoms with Crippen molar-refractivity contribution in [2.45, 2.75) is 0 Å². The van der Waals surface area contributed by atoms with Gasteiger partial charge in [-0.3, -0.25) is 14.2 Å². The average Bonchev–Trinajstić information content (AvgIpc) is 2.86. The summed E-state index contributed by atoms with van der Waals surface area (Å²) in [6.45, 7) is 2.57. The number of carbonyl (C=O) groups is 3. The Kier molecular flexibility index (Phi) is 3.73.